The summed E-state index contributed by atoms with van der Waals surface area (Å²) < 4.78 is 23.3. The molecule has 2 saturated heterocycles. The first-order valence-electron chi connectivity index (χ1n) is 5.26. The van der Waals surface area contributed by atoms with E-state index in [4.69, 9.17) is 5.14 Å². The highest BCUT2D eigenvalue weighted by Crippen LogP contribution is 2.11. The first kappa shape index (κ1) is 11.8. The van der Waals surface area contributed by atoms with Crippen molar-refractivity contribution in [2.45, 2.75) is 0 Å². The maximum atomic E-state index is 11.8. The molecule has 7 nitrogen and oxygen atoms in total. The van der Waals surface area contributed by atoms with Crippen molar-refractivity contribution < 1.29 is 13.2 Å². The zero-order valence-corrected chi connectivity index (χ0v) is 9.74. The van der Waals surface area contributed by atoms with Crippen molar-refractivity contribution in [3.63, 3.8) is 0 Å². The van der Waals surface area contributed by atoms with E-state index in [2.05, 4.69) is 5.32 Å². The van der Waals surface area contributed by atoms with Gasteiger partial charge in [0.25, 0.3) is 10.2 Å². The van der Waals surface area contributed by atoms with Gasteiger partial charge in [-0.15, -0.1) is 0 Å². The van der Waals surface area contributed by atoms with Gasteiger partial charge in [-0.1, -0.05) is 0 Å². The average molecular weight is 248 g/mol. The summed E-state index contributed by atoms with van der Waals surface area (Å²) in [5.74, 6) is 0.189. The second kappa shape index (κ2) is 4.28. The molecule has 1 amide bonds. The van der Waals surface area contributed by atoms with Gasteiger partial charge in [0.05, 0.1) is 5.92 Å². The molecule has 0 radical (unpaired) electrons. The zero-order chi connectivity index (χ0) is 11.8. The second-order valence-electron chi connectivity index (χ2n) is 4.12. The quantitative estimate of drug-likeness (QED) is 0.567. The fourth-order valence-corrected chi connectivity index (χ4v) is 2.56. The average Bonchev–Trinajstić information content (AvgIpc) is 2.14. The molecule has 2 rings (SSSR count). The summed E-state index contributed by atoms with van der Waals surface area (Å²) in [6.45, 7) is 2.93. The van der Waals surface area contributed by atoms with Crippen LogP contribution in [-0.4, -0.2) is 62.8 Å². The smallest absolute Gasteiger partial charge is 0.277 e. The van der Waals surface area contributed by atoms with Crippen LogP contribution in [0, 0.1) is 5.92 Å². The lowest BCUT2D eigenvalue weighted by molar-refractivity contribution is -0.138. The Morgan fingerprint density at radius 2 is 1.75 bits per heavy atom. The molecule has 8 heteroatoms. The number of amides is 1. The maximum Gasteiger partial charge on any atom is 0.277 e. The topological polar surface area (TPSA) is 95.7 Å². The SMILES string of the molecule is NS(=O)(=O)N1CCN(C(=O)C2CNC2)CC1. The van der Waals surface area contributed by atoms with Crippen molar-refractivity contribution in [1.29, 1.82) is 0 Å². The molecule has 0 unspecified atom stereocenters. The van der Waals surface area contributed by atoms with Gasteiger partial charge in [0.15, 0.2) is 0 Å². The molecule has 0 aromatic heterocycles. The number of piperazine rings is 1. The van der Waals surface area contributed by atoms with Crippen LogP contribution in [0.3, 0.4) is 0 Å². The predicted octanol–water partition coefficient (Wildman–Crippen LogP) is -2.45. The van der Waals surface area contributed by atoms with Gasteiger partial charge in [0.2, 0.25) is 5.91 Å². The standard InChI is InChI=1S/C8H16N4O3S/c9-16(14,15)12-3-1-11(2-4-12)8(13)7-5-10-6-7/h7,10H,1-6H2,(H2,9,14,15). The Kier molecular flexibility index (Phi) is 3.15. The van der Waals surface area contributed by atoms with Gasteiger partial charge < -0.3 is 10.2 Å². The molecule has 16 heavy (non-hydrogen) atoms. The summed E-state index contributed by atoms with van der Waals surface area (Å²) in [6, 6.07) is 0. The third-order valence-corrected chi connectivity index (χ3v) is 4.13. The minimum Gasteiger partial charge on any atom is -0.340 e. The number of carbonyl (C=O) groups excluding carboxylic acids is 1. The number of hydrogen-bond donors (Lipinski definition) is 2. The largest absolute Gasteiger partial charge is 0.340 e. The van der Waals surface area contributed by atoms with E-state index in [1.165, 1.54) is 4.31 Å². The van der Waals surface area contributed by atoms with Gasteiger partial charge in [-0.25, -0.2) is 5.14 Å². The van der Waals surface area contributed by atoms with E-state index < -0.39 is 10.2 Å². The van der Waals surface area contributed by atoms with Gasteiger partial charge >= 0.3 is 0 Å². The van der Waals surface area contributed by atoms with Crippen LogP contribution in [0.15, 0.2) is 0 Å². The van der Waals surface area contributed by atoms with E-state index in [9.17, 15) is 13.2 Å². The number of hydrogen-bond acceptors (Lipinski definition) is 4. The Balaban J connectivity index is 1.87. The van der Waals surface area contributed by atoms with Gasteiger partial charge in [-0.2, -0.15) is 12.7 Å². The predicted molar refractivity (Wildman–Crippen MR) is 57.6 cm³/mol. The summed E-state index contributed by atoms with van der Waals surface area (Å²) >= 11 is 0. The normalized spacial score (nSPS) is 24.2. The number of nitrogens with two attached hydrogens (primary N) is 1. The molecule has 0 aliphatic carbocycles. The van der Waals surface area contributed by atoms with E-state index >= 15 is 0 Å². The summed E-state index contributed by atoms with van der Waals surface area (Å²) in [5, 5.41) is 8.05. The van der Waals surface area contributed by atoms with Crippen LogP contribution in [0.4, 0.5) is 0 Å². The summed E-state index contributed by atoms with van der Waals surface area (Å²) in [6.07, 6.45) is 0. The molecule has 0 bridgehead atoms. The Labute approximate surface area is 94.7 Å². The lowest BCUT2D eigenvalue weighted by atomic mass is 10.0. The Bertz CT molecular complexity index is 371. The monoisotopic (exact) mass is 248 g/mol. The van der Waals surface area contributed by atoms with E-state index in [-0.39, 0.29) is 11.8 Å². The Morgan fingerprint density at radius 1 is 1.19 bits per heavy atom. The minimum absolute atomic E-state index is 0.0704. The molecule has 0 spiro atoms. The molecule has 0 saturated carbocycles. The van der Waals surface area contributed by atoms with Gasteiger partial charge in [-0.3, -0.25) is 4.79 Å². The van der Waals surface area contributed by atoms with Crippen molar-refractivity contribution in [1.82, 2.24) is 14.5 Å². The molecule has 2 heterocycles. The lowest BCUT2D eigenvalue weighted by Gasteiger charge is -2.37. The van der Waals surface area contributed by atoms with Crippen molar-refractivity contribution in [2.24, 2.45) is 11.1 Å². The van der Waals surface area contributed by atoms with Crippen LogP contribution < -0.4 is 10.5 Å². The third-order valence-electron chi connectivity index (χ3n) is 3.04. The molecule has 2 fully saturated rings. The molecular formula is C8H16N4O3S. The number of rotatable bonds is 2. The molecule has 0 atom stereocenters. The molecular weight excluding hydrogens is 232 g/mol. The zero-order valence-electron chi connectivity index (χ0n) is 8.92. The van der Waals surface area contributed by atoms with E-state index in [0.29, 0.717) is 26.2 Å². The third kappa shape index (κ3) is 2.34. The van der Waals surface area contributed by atoms with Crippen LogP contribution >= 0.6 is 0 Å². The Hall–Kier alpha value is -0.700. The van der Waals surface area contributed by atoms with E-state index in [1.54, 1.807) is 4.90 Å². The maximum absolute atomic E-state index is 11.8. The van der Waals surface area contributed by atoms with E-state index in [0.717, 1.165) is 13.1 Å². The molecule has 2 aliphatic heterocycles. The lowest BCUT2D eigenvalue weighted by Crippen LogP contribution is -2.57. The van der Waals surface area contributed by atoms with Crippen molar-refractivity contribution in [2.75, 3.05) is 39.3 Å². The first-order valence-corrected chi connectivity index (χ1v) is 6.76. The Morgan fingerprint density at radius 3 is 2.12 bits per heavy atom. The molecule has 0 aromatic carbocycles. The van der Waals surface area contributed by atoms with Crippen LogP contribution in [0.2, 0.25) is 0 Å². The minimum atomic E-state index is -3.60. The number of carbonyl (C=O) groups is 1. The molecule has 92 valence electrons. The van der Waals surface area contributed by atoms with Crippen LogP contribution in [0.5, 0.6) is 0 Å². The van der Waals surface area contributed by atoms with Crippen LogP contribution in [-0.2, 0) is 15.0 Å². The van der Waals surface area contributed by atoms with Gasteiger partial charge in [-0.05, 0) is 0 Å². The molecule has 0 aromatic rings. The molecule has 2 aliphatic rings. The van der Waals surface area contributed by atoms with Crippen molar-refractivity contribution in [3.05, 3.63) is 0 Å². The van der Waals surface area contributed by atoms with E-state index in [1.807, 2.05) is 0 Å². The highest BCUT2D eigenvalue weighted by molar-refractivity contribution is 7.86. The summed E-state index contributed by atoms with van der Waals surface area (Å²) in [5.41, 5.74) is 0. The van der Waals surface area contributed by atoms with Gasteiger partial charge in [0, 0.05) is 39.3 Å². The van der Waals surface area contributed by atoms with Gasteiger partial charge in [0.1, 0.15) is 0 Å². The summed E-state index contributed by atoms with van der Waals surface area (Å²) in [7, 11) is -3.60. The van der Waals surface area contributed by atoms with Crippen LogP contribution in [0.1, 0.15) is 0 Å². The van der Waals surface area contributed by atoms with Crippen LogP contribution in [0.25, 0.3) is 0 Å². The fraction of sp³-hybridized carbons (Fsp3) is 0.875. The van der Waals surface area contributed by atoms with Crippen molar-refractivity contribution in [3.8, 4) is 0 Å². The fourth-order valence-electron chi connectivity index (χ4n) is 1.88. The number of nitrogens with zero attached hydrogens (tertiary/aromatic N) is 2. The first-order chi connectivity index (χ1) is 7.48. The highest BCUT2D eigenvalue weighted by atomic mass is 32.2. The number of nitrogens with one attached hydrogen (secondary N) is 1. The van der Waals surface area contributed by atoms with Crippen molar-refractivity contribution >= 4 is 16.1 Å². The second-order valence-corrected chi connectivity index (χ2v) is 5.67. The molecule has 3 N–H and O–H groups in total. The highest BCUT2D eigenvalue weighted by Gasteiger charge is 2.32. The summed E-state index contributed by atoms with van der Waals surface area (Å²) in [4.78, 5) is 13.5.